The maximum atomic E-state index is 12.0. The summed E-state index contributed by atoms with van der Waals surface area (Å²) in [7, 11) is 0. The third-order valence-electron chi connectivity index (χ3n) is 3.97. The molecule has 1 N–H and O–H groups in total. The van der Waals surface area contributed by atoms with E-state index in [4.69, 9.17) is 14.0 Å². The van der Waals surface area contributed by atoms with Gasteiger partial charge < -0.3 is 19.3 Å². The highest BCUT2D eigenvalue weighted by molar-refractivity contribution is 5.77. The summed E-state index contributed by atoms with van der Waals surface area (Å²) in [5.41, 5.74) is 1.95. The molecule has 0 spiro atoms. The molecule has 0 atom stereocenters. The lowest BCUT2D eigenvalue weighted by Crippen LogP contribution is -2.34. The van der Waals surface area contributed by atoms with Gasteiger partial charge in [0.05, 0.1) is 13.2 Å². The Morgan fingerprint density at radius 2 is 2.04 bits per heavy atom. The van der Waals surface area contributed by atoms with E-state index in [2.05, 4.69) is 15.5 Å². The lowest BCUT2D eigenvalue weighted by atomic mass is 10.1. The molecule has 2 aromatic rings. The Labute approximate surface area is 140 Å². The smallest absolute Gasteiger partial charge is 0.236 e. The van der Waals surface area contributed by atoms with Crippen LogP contribution in [0, 0.1) is 6.92 Å². The van der Waals surface area contributed by atoms with Crippen LogP contribution in [0.25, 0.3) is 11.4 Å². The van der Waals surface area contributed by atoms with Gasteiger partial charge in [0.25, 0.3) is 0 Å². The predicted molar refractivity (Wildman–Crippen MR) is 86.1 cm³/mol. The number of amides is 1. The molecule has 0 unspecified atom stereocenters. The van der Waals surface area contributed by atoms with E-state index >= 15 is 0 Å². The summed E-state index contributed by atoms with van der Waals surface area (Å²) in [5, 5.41) is 6.77. The number of nitrogens with zero attached hydrogens (tertiary/aromatic N) is 2. The summed E-state index contributed by atoms with van der Waals surface area (Å²) in [6, 6.07) is 7.77. The van der Waals surface area contributed by atoms with E-state index in [1.807, 2.05) is 38.1 Å². The number of aromatic nitrogens is 2. The lowest BCUT2D eigenvalue weighted by Gasteiger charge is -2.21. The largest absolute Gasteiger partial charge is 0.355 e. The SMILES string of the molecule is Cc1ccccc1-c1noc(CC(=O)NCCC2(C)OCCO2)n1. The minimum atomic E-state index is -0.601. The minimum absolute atomic E-state index is 0.0529. The Morgan fingerprint density at radius 1 is 1.29 bits per heavy atom. The number of carbonyl (C=O) groups excluding carboxylic acids is 1. The van der Waals surface area contributed by atoms with Crippen molar-refractivity contribution in [1.29, 1.82) is 0 Å². The second kappa shape index (κ2) is 7.11. The molecule has 1 fully saturated rings. The molecular weight excluding hydrogens is 310 g/mol. The molecule has 1 amide bonds. The van der Waals surface area contributed by atoms with Crippen molar-refractivity contribution in [3.8, 4) is 11.4 Å². The van der Waals surface area contributed by atoms with E-state index in [0.717, 1.165) is 11.1 Å². The molecule has 7 nitrogen and oxygen atoms in total. The summed E-state index contributed by atoms with van der Waals surface area (Å²) in [6.07, 6.45) is 0.647. The van der Waals surface area contributed by atoms with Gasteiger partial charge in [0.15, 0.2) is 5.79 Å². The van der Waals surface area contributed by atoms with Crippen LogP contribution < -0.4 is 5.32 Å². The summed E-state index contributed by atoms with van der Waals surface area (Å²) < 4.78 is 16.2. The molecule has 0 saturated carbocycles. The molecule has 1 aliphatic rings. The minimum Gasteiger partial charge on any atom is -0.355 e. The van der Waals surface area contributed by atoms with Crippen LogP contribution in [0.3, 0.4) is 0 Å². The number of ether oxygens (including phenoxy) is 2. The Hall–Kier alpha value is -2.25. The van der Waals surface area contributed by atoms with Gasteiger partial charge in [0.2, 0.25) is 17.6 Å². The van der Waals surface area contributed by atoms with Gasteiger partial charge in [-0.15, -0.1) is 0 Å². The molecule has 0 bridgehead atoms. The number of aryl methyl sites for hydroxylation is 1. The molecule has 128 valence electrons. The molecule has 24 heavy (non-hydrogen) atoms. The van der Waals surface area contributed by atoms with E-state index in [1.54, 1.807) is 0 Å². The number of rotatable bonds is 6. The van der Waals surface area contributed by atoms with Crippen molar-refractivity contribution in [2.75, 3.05) is 19.8 Å². The maximum absolute atomic E-state index is 12.0. The fraction of sp³-hybridized carbons (Fsp3) is 0.471. The Balaban J connectivity index is 1.51. The predicted octanol–water partition coefficient (Wildman–Crippen LogP) is 1.86. The first kappa shape index (κ1) is 16.6. The fourth-order valence-corrected chi connectivity index (χ4v) is 2.59. The molecule has 2 heterocycles. The van der Waals surface area contributed by atoms with Gasteiger partial charge in [-0.1, -0.05) is 29.4 Å². The average Bonchev–Trinajstić information content (AvgIpc) is 3.17. The normalized spacial score (nSPS) is 16.2. The van der Waals surface area contributed by atoms with Gasteiger partial charge in [0, 0.05) is 18.5 Å². The van der Waals surface area contributed by atoms with Crippen LogP contribution in [0.5, 0.6) is 0 Å². The van der Waals surface area contributed by atoms with Crippen molar-refractivity contribution in [3.63, 3.8) is 0 Å². The molecule has 1 aliphatic heterocycles. The zero-order valence-electron chi connectivity index (χ0n) is 13.9. The average molecular weight is 331 g/mol. The Bertz CT molecular complexity index is 707. The fourth-order valence-electron chi connectivity index (χ4n) is 2.59. The molecule has 3 rings (SSSR count). The van der Waals surface area contributed by atoms with Crippen LogP contribution in [0.2, 0.25) is 0 Å². The van der Waals surface area contributed by atoms with Crippen molar-refractivity contribution in [2.24, 2.45) is 0 Å². The summed E-state index contributed by atoms with van der Waals surface area (Å²) in [5.74, 6) is 0.0218. The van der Waals surface area contributed by atoms with Crippen LogP contribution in [-0.2, 0) is 20.7 Å². The molecular formula is C17H21N3O4. The highest BCUT2D eigenvalue weighted by Gasteiger charge is 2.30. The third-order valence-corrected chi connectivity index (χ3v) is 3.97. The molecule has 1 aromatic carbocycles. The number of hydrogen-bond acceptors (Lipinski definition) is 6. The number of hydrogen-bond donors (Lipinski definition) is 1. The zero-order valence-corrected chi connectivity index (χ0v) is 13.9. The highest BCUT2D eigenvalue weighted by atomic mass is 16.7. The van der Waals surface area contributed by atoms with Crippen LogP contribution >= 0.6 is 0 Å². The van der Waals surface area contributed by atoms with E-state index in [1.165, 1.54) is 0 Å². The van der Waals surface area contributed by atoms with Crippen molar-refractivity contribution < 1.29 is 18.8 Å². The van der Waals surface area contributed by atoms with Crippen LogP contribution in [0.15, 0.2) is 28.8 Å². The van der Waals surface area contributed by atoms with Gasteiger partial charge in [0.1, 0.15) is 6.42 Å². The molecule has 1 saturated heterocycles. The second-order valence-corrected chi connectivity index (χ2v) is 5.93. The Kier molecular flexibility index (Phi) is 4.92. The first-order valence-corrected chi connectivity index (χ1v) is 7.99. The lowest BCUT2D eigenvalue weighted by molar-refractivity contribution is -0.146. The third kappa shape index (κ3) is 3.98. The summed E-state index contributed by atoms with van der Waals surface area (Å²) in [4.78, 5) is 16.3. The van der Waals surface area contributed by atoms with Crippen molar-refractivity contribution in [1.82, 2.24) is 15.5 Å². The maximum Gasteiger partial charge on any atom is 0.236 e. The highest BCUT2D eigenvalue weighted by Crippen LogP contribution is 2.22. The number of carbonyl (C=O) groups is 1. The quantitative estimate of drug-likeness (QED) is 0.869. The second-order valence-electron chi connectivity index (χ2n) is 5.93. The summed E-state index contributed by atoms with van der Waals surface area (Å²) >= 11 is 0. The number of nitrogens with one attached hydrogen (secondary N) is 1. The van der Waals surface area contributed by atoms with Gasteiger partial charge in [-0.2, -0.15) is 4.98 Å². The molecule has 0 radical (unpaired) electrons. The topological polar surface area (TPSA) is 86.5 Å². The van der Waals surface area contributed by atoms with Gasteiger partial charge in [-0.3, -0.25) is 4.79 Å². The van der Waals surface area contributed by atoms with E-state index < -0.39 is 5.79 Å². The monoisotopic (exact) mass is 331 g/mol. The van der Waals surface area contributed by atoms with Gasteiger partial charge >= 0.3 is 0 Å². The molecule has 1 aromatic heterocycles. The van der Waals surface area contributed by atoms with Crippen LogP contribution in [0.4, 0.5) is 0 Å². The first-order valence-electron chi connectivity index (χ1n) is 7.99. The van der Waals surface area contributed by atoms with E-state index in [9.17, 15) is 4.79 Å². The molecule has 0 aliphatic carbocycles. The summed E-state index contributed by atoms with van der Waals surface area (Å²) in [6.45, 7) is 5.50. The van der Waals surface area contributed by atoms with Crippen LogP contribution in [0.1, 0.15) is 24.8 Å². The van der Waals surface area contributed by atoms with Crippen molar-refractivity contribution in [2.45, 2.75) is 32.5 Å². The Morgan fingerprint density at radius 3 is 2.79 bits per heavy atom. The van der Waals surface area contributed by atoms with Gasteiger partial charge in [-0.25, -0.2) is 0 Å². The van der Waals surface area contributed by atoms with Crippen LogP contribution in [-0.4, -0.2) is 41.6 Å². The van der Waals surface area contributed by atoms with Crippen molar-refractivity contribution in [3.05, 3.63) is 35.7 Å². The first-order chi connectivity index (χ1) is 11.6. The van der Waals surface area contributed by atoms with Crippen molar-refractivity contribution >= 4 is 5.91 Å². The number of benzene rings is 1. The van der Waals surface area contributed by atoms with E-state index in [0.29, 0.717) is 37.9 Å². The standard InChI is InChI=1S/C17H21N3O4/c1-12-5-3-4-6-13(12)16-19-15(24-20-16)11-14(21)18-8-7-17(2)22-9-10-23-17/h3-6H,7-11H2,1-2H3,(H,18,21). The van der Waals surface area contributed by atoms with Gasteiger partial charge in [-0.05, 0) is 19.4 Å². The molecule has 7 heteroatoms. The van der Waals surface area contributed by atoms with E-state index in [-0.39, 0.29) is 12.3 Å². The zero-order chi connectivity index (χ0) is 17.0.